The van der Waals surface area contributed by atoms with Gasteiger partial charge in [0.05, 0.1) is 12.3 Å². The van der Waals surface area contributed by atoms with Crippen molar-refractivity contribution in [2.24, 2.45) is 5.92 Å². The predicted molar refractivity (Wildman–Crippen MR) is 55.9 cm³/mol. The van der Waals surface area contributed by atoms with E-state index in [1.54, 1.807) is 12.3 Å². The maximum atomic E-state index is 8.86. The summed E-state index contributed by atoms with van der Waals surface area (Å²) < 4.78 is 0. The van der Waals surface area contributed by atoms with Crippen molar-refractivity contribution in [3.05, 3.63) is 18.0 Å². The lowest BCUT2D eigenvalue weighted by Gasteiger charge is -2.06. The Morgan fingerprint density at radius 2 is 2.29 bits per heavy atom. The highest BCUT2D eigenvalue weighted by Gasteiger charge is 1.98. The molecule has 1 heterocycles. The Morgan fingerprint density at radius 3 is 2.93 bits per heavy atom. The maximum Gasteiger partial charge on any atom is 0.222 e. The molecule has 0 amide bonds. The molecule has 1 rings (SSSR count). The Hall–Kier alpha value is -1.16. The van der Waals surface area contributed by atoms with Gasteiger partial charge in [-0.1, -0.05) is 13.8 Å². The molecule has 14 heavy (non-hydrogen) atoms. The molecule has 0 saturated heterocycles. The van der Waals surface area contributed by atoms with Crippen LogP contribution in [0.1, 0.15) is 26.0 Å². The molecule has 0 fully saturated rings. The summed E-state index contributed by atoms with van der Waals surface area (Å²) >= 11 is 0. The minimum Gasteiger partial charge on any atom is -0.390 e. The zero-order chi connectivity index (χ0) is 10.4. The van der Waals surface area contributed by atoms with Crippen LogP contribution in [0.15, 0.2) is 12.3 Å². The predicted octanol–water partition coefficient (Wildman–Crippen LogP) is 1.43. The minimum absolute atomic E-state index is 0.0403. The largest absolute Gasteiger partial charge is 0.390 e. The van der Waals surface area contributed by atoms with Crippen LogP contribution in [-0.4, -0.2) is 21.6 Å². The third-order valence-corrected chi connectivity index (χ3v) is 1.88. The number of nitrogens with zero attached hydrogens (tertiary/aromatic N) is 2. The van der Waals surface area contributed by atoms with Gasteiger partial charge in [0, 0.05) is 12.7 Å². The van der Waals surface area contributed by atoms with Crippen molar-refractivity contribution in [3.63, 3.8) is 0 Å². The topological polar surface area (TPSA) is 58.0 Å². The Labute approximate surface area is 84.4 Å². The van der Waals surface area contributed by atoms with E-state index in [4.69, 9.17) is 5.11 Å². The van der Waals surface area contributed by atoms with Crippen LogP contribution in [0, 0.1) is 5.92 Å². The first-order chi connectivity index (χ1) is 6.72. The van der Waals surface area contributed by atoms with Gasteiger partial charge in [-0.25, -0.2) is 9.97 Å². The van der Waals surface area contributed by atoms with Gasteiger partial charge in [0.2, 0.25) is 5.95 Å². The smallest absolute Gasteiger partial charge is 0.222 e. The van der Waals surface area contributed by atoms with Crippen LogP contribution in [0.4, 0.5) is 5.95 Å². The third-order valence-electron chi connectivity index (χ3n) is 1.88. The minimum atomic E-state index is -0.0403. The zero-order valence-electron chi connectivity index (χ0n) is 8.70. The number of aliphatic hydroxyl groups excluding tert-OH is 1. The SMILES string of the molecule is CC(C)CCNc1nccc(CO)n1. The summed E-state index contributed by atoms with van der Waals surface area (Å²) in [5, 5.41) is 12.0. The molecular weight excluding hydrogens is 178 g/mol. The summed E-state index contributed by atoms with van der Waals surface area (Å²) in [6, 6.07) is 1.70. The molecule has 78 valence electrons. The zero-order valence-corrected chi connectivity index (χ0v) is 8.70. The molecule has 1 aromatic heterocycles. The molecule has 2 N–H and O–H groups in total. The third kappa shape index (κ3) is 3.70. The first kappa shape index (κ1) is 10.9. The molecule has 0 bridgehead atoms. The van der Waals surface area contributed by atoms with Crippen LogP contribution in [0.3, 0.4) is 0 Å². The standard InChI is InChI=1S/C10H17N3O/c1-8(2)3-5-11-10-12-6-4-9(7-14)13-10/h4,6,8,14H,3,5,7H2,1-2H3,(H,11,12,13). The van der Waals surface area contributed by atoms with E-state index in [2.05, 4.69) is 29.1 Å². The number of rotatable bonds is 5. The molecule has 0 atom stereocenters. The van der Waals surface area contributed by atoms with Crippen LogP contribution < -0.4 is 5.32 Å². The van der Waals surface area contributed by atoms with Gasteiger partial charge in [-0.05, 0) is 18.4 Å². The Kier molecular flexibility index (Phi) is 4.32. The van der Waals surface area contributed by atoms with E-state index < -0.39 is 0 Å². The second-order valence-electron chi connectivity index (χ2n) is 3.64. The molecule has 0 aliphatic heterocycles. The average molecular weight is 195 g/mol. The van der Waals surface area contributed by atoms with Crippen molar-refractivity contribution in [1.29, 1.82) is 0 Å². The summed E-state index contributed by atoms with van der Waals surface area (Å²) in [7, 11) is 0. The highest BCUT2D eigenvalue weighted by Crippen LogP contribution is 2.03. The van der Waals surface area contributed by atoms with Crippen LogP contribution in [0.2, 0.25) is 0 Å². The first-order valence-corrected chi connectivity index (χ1v) is 4.89. The van der Waals surface area contributed by atoms with E-state index in [1.165, 1.54) is 0 Å². The van der Waals surface area contributed by atoms with E-state index in [0.29, 0.717) is 17.6 Å². The average Bonchev–Trinajstić information content (AvgIpc) is 2.18. The summed E-state index contributed by atoms with van der Waals surface area (Å²) in [6.07, 6.45) is 2.74. The quantitative estimate of drug-likeness (QED) is 0.746. The lowest BCUT2D eigenvalue weighted by atomic mass is 10.1. The van der Waals surface area contributed by atoms with Gasteiger partial charge in [-0.3, -0.25) is 0 Å². The molecule has 4 nitrogen and oxygen atoms in total. The van der Waals surface area contributed by atoms with E-state index in [9.17, 15) is 0 Å². The highest BCUT2D eigenvalue weighted by atomic mass is 16.3. The fourth-order valence-corrected chi connectivity index (χ4v) is 1.04. The number of hydrogen-bond acceptors (Lipinski definition) is 4. The molecule has 0 aliphatic carbocycles. The van der Waals surface area contributed by atoms with Crippen LogP contribution in [0.5, 0.6) is 0 Å². The lowest BCUT2D eigenvalue weighted by Crippen LogP contribution is -2.08. The van der Waals surface area contributed by atoms with Crippen molar-refractivity contribution in [2.45, 2.75) is 26.9 Å². The molecule has 0 spiro atoms. The van der Waals surface area contributed by atoms with Crippen LogP contribution in [0.25, 0.3) is 0 Å². The van der Waals surface area contributed by atoms with Gasteiger partial charge in [-0.2, -0.15) is 0 Å². The molecule has 0 saturated carbocycles. The van der Waals surface area contributed by atoms with Gasteiger partial charge in [-0.15, -0.1) is 0 Å². The number of aromatic nitrogens is 2. The number of aliphatic hydroxyl groups is 1. The van der Waals surface area contributed by atoms with E-state index in [1.807, 2.05) is 0 Å². The number of anilines is 1. The molecule has 0 aliphatic rings. The summed E-state index contributed by atoms with van der Waals surface area (Å²) in [6.45, 7) is 5.17. The molecule has 0 radical (unpaired) electrons. The molecule has 4 heteroatoms. The number of hydrogen-bond donors (Lipinski definition) is 2. The van der Waals surface area contributed by atoms with Crippen molar-refractivity contribution in [1.82, 2.24) is 9.97 Å². The first-order valence-electron chi connectivity index (χ1n) is 4.89. The van der Waals surface area contributed by atoms with Gasteiger partial charge in [0.15, 0.2) is 0 Å². The van der Waals surface area contributed by atoms with Gasteiger partial charge >= 0.3 is 0 Å². The molecular formula is C10H17N3O. The molecule has 0 aromatic carbocycles. The van der Waals surface area contributed by atoms with Crippen molar-refractivity contribution >= 4 is 5.95 Å². The second-order valence-corrected chi connectivity index (χ2v) is 3.64. The Balaban J connectivity index is 2.42. The highest BCUT2D eigenvalue weighted by molar-refractivity contribution is 5.24. The Bertz CT molecular complexity index is 276. The monoisotopic (exact) mass is 195 g/mol. The van der Waals surface area contributed by atoms with E-state index in [0.717, 1.165) is 13.0 Å². The van der Waals surface area contributed by atoms with E-state index >= 15 is 0 Å². The second kappa shape index (κ2) is 5.54. The summed E-state index contributed by atoms with van der Waals surface area (Å²) in [5.74, 6) is 1.26. The van der Waals surface area contributed by atoms with E-state index in [-0.39, 0.29) is 6.61 Å². The summed E-state index contributed by atoms with van der Waals surface area (Å²) in [4.78, 5) is 8.17. The van der Waals surface area contributed by atoms with Gasteiger partial charge in [0.25, 0.3) is 0 Å². The van der Waals surface area contributed by atoms with Gasteiger partial charge < -0.3 is 10.4 Å². The molecule has 0 unspecified atom stereocenters. The maximum absolute atomic E-state index is 8.86. The van der Waals surface area contributed by atoms with Crippen LogP contribution in [-0.2, 0) is 6.61 Å². The fourth-order valence-electron chi connectivity index (χ4n) is 1.04. The lowest BCUT2D eigenvalue weighted by molar-refractivity contribution is 0.277. The number of nitrogens with one attached hydrogen (secondary N) is 1. The van der Waals surface area contributed by atoms with Crippen molar-refractivity contribution in [3.8, 4) is 0 Å². The normalized spacial score (nSPS) is 10.6. The fraction of sp³-hybridized carbons (Fsp3) is 0.600. The van der Waals surface area contributed by atoms with Crippen molar-refractivity contribution in [2.75, 3.05) is 11.9 Å². The van der Waals surface area contributed by atoms with Gasteiger partial charge in [0.1, 0.15) is 0 Å². The molecule has 1 aromatic rings. The van der Waals surface area contributed by atoms with Crippen LogP contribution >= 0.6 is 0 Å². The summed E-state index contributed by atoms with van der Waals surface area (Å²) in [5.41, 5.74) is 0.645. The Morgan fingerprint density at radius 1 is 1.50 bits per heavy atom. The van der Waals surface area contributed by atoms with Crippen molar-refractivity contribution < 1.29 is 5.11 Å².